The van der Waals surface area contributed by atoms with Crippen LogP contribution in [0.1, 0.15) is 12.8 Å². The van der Waals surface area contributed by atoms with Crippen LogP contribution >= 0.6 is 0 Å². The minimum atomic E-state index is -3.49. The van der Waals surface area contributed by atoms with E-state index in [0.29, 0.717) is 35.4 Å². The number of anilines is 4. The number of benzene rings is 1. The lowest BCUT2D eigenvalue weighted by Crippen LogP contribution is -2.21. The van der Waals surface area contributed by atoms with Gasteiger partial charge in [-0.2, -0.15) is 15.1 Å². The van der Waals surface area contributed by atoms with E-state index in [2.05, 4.69) is 35.7 Å². The average molecular weight is 432 g/mol. The summed E-state index contributed by atoms with van der Waals surface area (Å²) in [7, 11) is 0.201. The first-order chi connectivity index (χ1) is 14.3. The number of nitrogens with one attached hydrogen (secondary N) is 3. The Morgan fingerprint density at radius 3 is 2.60 bits per heavy atom. The van der Waals surface area contributed by atoms with E-state index in [1.165, 1.54) is 0 Å². The molecule has 3 aromatic rings. The van der Waals surface area contributed by atoms with Crippen LogP contribution in [0.25, 0.3) is 11.0 Å². The maximum absolute atomic E-state index is 12.1. The van der Waals surface area contributed by atoms with Gasteiger partial charge in [0.25, 0.3) is 0 Å². The van der Waals surface area contributed by atoms with Gasteiger partial charge in [-0.15, -0.1) is 0 Å². The Morgan fingerprint density at radius 1 is 1.23 bits per heavy atom. The molecule has 0 saturated heterocycles. The summed E-state index contributed by atoms with van der Waals surface area (Å²) in [5.74, 6) is 0.813. The maximum atomic E-state index is 12.1. The smallest absolute Gasteiger partial charge is 0.231 e. The Labute approximate surface area is 175 Å². The monoisotopic (exact) mass is 431 g/mol. The fourth-order valence-corrected chi connectivity index (χ4v) is 3.80. The first-order valence-electron chi connectivity index (χ1n) is 9.65. The molecule has 0 bridgehead atoms. The van der Waals surface area contributed by atoms with Crippen LogP contribution in [0.2, 0.25) is 0 Å². The van der Waals surface area contributed by atoms with Crippen molar-refractivity contribution in [1.29, 1.82) is 0 Å². The molecule has 30 heavy (non-hydrogen) atoms. The van der Waals surface area contributed by atoms with Gasteiger partial charge < -0.3 is 20.3 Å². The van der Waals surface area contributed by atoms with Crippen molar-refractivity contribution in [3.8, 4) is 0 Å². The number of fused-ring (bicyclic) bond motifs is 1. The zero-order valence-electron chi connectivity index (χ0n) is 17.1. The van der Waals surface area contributed by atoms with E-state index in [4.69, 9.17) is 4.74 Å². The number of rotatable bonds is 9. The van der Waals surface area contributed by atoms with E-state index in [0.717, 1.165) is 37.0 Å². The summed E-state index contributed by atoms with van der Waals surface area (Å²) in [6, 6.07) is 8.16. The molecule has 0 atom stereocenters. The quantitative estimate of drug-likeness (QED) is 0.467. The number of aromatic nitrogens is 4. The molecule has 3 N–H and O–H groups in total. The van der Waals surface area contributed by atoms with Crippen LogP contribution < -0.4 is 15.5 Å². The first kappa shape index (κ1) is 20.4. The number of methoxy groups -OCH3 is 1. The summed E-state index contributed by atoms with van der Waals surface area (Å²) in [5, 5.41) is 13.6. The molecule has 1 aromatic carbocycles. The zero-order valence-corrected chi connectivity index (χ0v) is 18.0. The first-order valence-corrected chi connectivity index (χ1v) is 11.5. The second-order valence-corrected chi connectivity index (χ2v) is 9.38. The zero-order chi connectivity index (χ0) is 21.3. The minimum Gasteiger partial charge on any atom is -0.383 e. The van der Waals surface area contributed by atoms with E-state index >= 15 is 0 Å². The summed E-state index contributed by atoms with van der Waals surface area (Å²) in [5.41, 5.74) is 2.18. The van der Waals surface area contributed by atoms with Crippen molar-refractivity contribution in [1.82, 2.24) is 20.2 Å². The molecule has 1 fully saturated rings. The van der Waals surface area contributed by atoms with Gasteiger partial charge in [0.1, 0.15) is 11.2 Å². The highest BCUT2D eigenvalue weighted by molar-refractivity contribution is 7.90. The highest BCUT2D eigenvalue weighted by atomic mass is 32.2. The molecule has 10 nitrogen and oxygen atoms in total. The van der Waals surface area contributed by atoms with Crippen LogP contribution in [0.5, 0.6) is 0 Å². The predicted molar refractivity (Wildman–Crippen MR) is 116 cm³/mol. The lowest BCUT2D eigenvalue weighted by atomic mass is 10.2. The van der Waals surface area contributed by atoms with Crippen LogP contribution in [0.4, 0.5) is 23.1 Å². The van der Waals surface area contributed by atoms with E-state index < -0.39 is 9.84 Å². The summed E-state index contributed by atoms with van der Waals surface area (Å²) in [6.07, 6.45) is 3.19. The molecule has 4 rings (SSSR count). The molecule has 0 aliphatic heterocycles. The lowest BCUT2D eigenvalue weighted by Gasteiger charge is -2.19. The minimum absolute atomic E-state index is 0.0237. The Balaban J connectivity index is 1.61. The summed E-state index contributed by atoms with van der Waals surface area (Å²) in [6.45, 7) is 1.45. The largest absolute Gasteiger partial charge is 0.383 e. The van der Waals surface area contributed by atoms with E-state index in [1.807, 2.05) is 31.3 Å². The molecule has 1 aliphatic carbocycles. The van der Waals surface area contributed by atoms with Gasteiger partial charge in [0.15, 0.2) is 20.5 Å². The van der Waals surface area contributed by atoms with Gasteiger partial charge in [-0.3, -0.25) is 5.10 Å². The van der Waals surface area contributed by atoms with Crippen LogP contribution in [-0.4, -0.2) is 68.2 Å². The summed E-state index contributed by atoms with van der Waals surface area (Å²) in [4.78, 5) is 11.0. The molecular formula is C19H25N7O3S. The SMILES string of the molecule is COCCN(C)c1ccc(Nc2nc(NC3CC3)c3c(S(C)(=O)=O)[nH]nc3n2)cc1. The topological polar surface area (TPSA) is 125 Å². The van der Waals surface area contributed by atoms with Crippen LogP contribution in [0.3, 0.4) is 0 Å². The van der Waals surface area contributed by atoms with Gasteiger partial charge in [0.2, 0.25) is 5.95 Å². The van der Waals surface area contributed by atoms with Gasteiger partial charge in [-0.05, 0) is 37.1 Å². The Hall–Kier alpha value is -2.92. The number of likely N-dealkylation sites (N-methyl/N-ethyl adjacent to an activating group) is 1. The van der Waals surface area contributed by atoms with Gasteiger partial charge in [0.05, 0.1) is 6.61 Å². The number of ether oxygens (including phenoxy) is 1. The van der Waals surface area contributed by atoms with Crippen molar-refractivity contribution < 1.29 is 13.2 Å². The molecular weight excluding hydrogens is 406 g/mol. The molecule has 0 radical (unpaired) electrons. The second-order valence-electron chi connectivity index (χ2n) is 7.42. The van der Waals surface area contributed by atoms with Crippen molar-refractivity contribution in [3.63, 3.8) is 0 Å². The number of hydrogen-bond donors (Lipinski definition) is 3. The molecule has 0 amide bonds. The second kappa shape index (κ2) is 8.07. The molecule has 1 saturated carbocycles. The lowest BCUT2D eigenvalue weighted by molar-refractivity contribution is 0.206. The average Bonchev–Trinajstić information content (AvgIpc) is 3.40. The van der Waals surface area contributed by atoms with Crippen molar-refractivity contribution in [3.05, 3.63) is 24.3 Å². The van der Waals surface area contributed by atoms with E-state index in [1.54, 1.807) is 7.11 Å². The Kier molecular flexibility index (Phi) is 5.48. The number of sulfone groups is 1. The number of H-pyrrole nitrogens is 1. The fraction of sp³-hybridized carbons (Fsp3) is 0.421. The molecule has 0 unspecified atom stereocenters. The summed E-state index contributed by atoms with van der Waals surface area (Å²) < 4.78 is 29.3. The molecule has 2 heterocycles. The third-order valence-corrected chi connectivity index (χ3v) is 5.90. The van der Waals surface area contributed by atoms with Crippen molar-refractivity contribution in [2.75, 3.05) is 49.1 Å². The number of hydrogen-bond acceptors (Lipinski definition) is 9. The van der Waals surface area contributed by atoms with E-state index in [9.17, 15) is 8.42 Å². The van der Waals surface area contributed by atoms with Gasteiger partial charge in [0, 0.05) is 44.4 Å². The highest BCUT2D eigenvalue weighted by Gasteiger charge is 2.27. The van der Waals surface area contributed by atoms with Crippen LogP contribution in [-0.2, 0) is 14.6 Å². The highest BCUT2D eigenvalue weighted by Crippen LogP contribution is 2.32. The van der Waals surface area contributed by atoms with E-state index in [-0.39, 0.29) is 5.03 Å². The standard InChI is InChI=1S/C19H25N7O3S/c1-26(10-11-29-2)14-8-6-13(7-9-14)21-19-22-16(20-12-4-5-12)15-17(23-19)24-25-18(15)30(3,27)28/h6-9,12H,4-5,10-11H2,1-3H3,(H3,20,21,22,23,24,25). The van der Waals surface area contributed by atoms with Gasteiger partial charge in [-0.25, -0.2) is 8.42 Å². The summed E-state index contributed by atoms with van der Waals surface area (Å²) >= 11 is 0. The third-order valence-electron chi connectivity index (χ3n) is 4.86. The Morgan fingerprint density at radius 2 is 1.97 bits per heavy atom. The molecule has 160 valence electrons. The van der Waals surface area contributed by atoms with Crippen LogP contribution in [0.15, 0.2) is 29.3 Å². The maximum Gasteiger partial charge on any atom is 0.231 e. The molecule has 11 heteroatoms. The predicted octanol–water partition coefficient (Wildman–Crippen LogP) is 2.16. The van der Waals surface area contributed by atoms with Gasteiger partial charge >= 0.3 is 0 Å². The Bertz CT molecular complexity index is 1140. The molecule has 2 aromatic heterocycles. The van der Waals surface area contributed by atoms with Crippen LogP contribution in [0, 0.1) is 0 Å². The molecule has 1 aliphatic rings. The van der Waals surface area contributed by atoms with Crippen molar-refractivity contribution in [2.24, 2.45) is 0 Å². The number of aromatic amines is 1. The van der Waals surface area contributed by atoms with Gasteiger partial charge in [-0.1, -0.05) is 0 Å². The van der Waals surface area contributed by atoms with Crippen molar-refractivity contribution >= 4 is 44.0 Å². The third kappa shape index (κ3) is 4.46. The molecule has 0 spiro atoms. The fourth-order valence-electron chi connectivity index (χ4n) is 3.03. The normalized spacial score (nSPS) is 14.1. The number of nitrogens with zero attached hydrogens (tertiary/aromatic N) is 4. The van der Waals surface area contributed by atoms with Crippen molar-refractivity contribution in [2.45, 2.75) is 23.9 Å².